The van der Waals surface area contributed by atoms with E-state index in [9.17, 15) is 13.2 Å². The first kappa shape index (κ1) is 20.5. The number of rotatable bonds is 5. The van der Waals surface area contributed by atoms with Gasteiger partial charge in [0.2, 0.25) is 0 Å². The Kier molecular flexibility index (Phi) is 5.11. The Hall–Kier alpha value is -3.36. The maximum atomic E-state index is 12.7. The van der Waals surface area contributed by atoms with Crippen LogP contribution >= 0.6 is 11.3 Å². The lowest BCUT2D eigenvalue weighted by atomic mass is 10.1. The lowest BCUT2D eigenvalue weighted by Gasteiger charge is -2.05. The van der Waals surface area contributed by atoms with Crippen LogP contribution in [0.2, 0.25) is 0 Å². The Morgan fingerprint density at radius 1 is 1.00 bits per heavy atom. The molecule has 0 saturated carbocycles. The summed E-state index contributed by atoms with van der Waals surface area (Å²) >= 11 is 1.61. The number of sulfone groups is 1. The van der Waals surface area contributed by atoms with Gasteiger partial charge in [0.15, 0.2) is 14.9 Å². The summed E-state index contributed by atoms with van der Waals surface area (Å²) in [6.07, 6.45) is 4.79. The van der Waals surface area contributed by atoms with Gasteiger partial charge < -0.3 is 4.90 Å². The van der Waals surface area contributed by atoms with Gasteiger partial charge in [0.25, 0.3) is 5.91 Å². The van der Waals surface area contributed by atoms with E-state index in [2.05, 4.69) is 16.0 Å². The fourth-order valence-electron chi connectivity index (χ4n) is 3.79. The molecule has 6 nitrogen and oxygen atoms in total. The molecule has 0 radical (unpaired) electrons. The van der Waals surface area contributed by atoms with Crippen LogP contribution in [0.15, 0.2) is 78.2 Å². The molecule has 4 heterocycles. The lowest BCUT2D eigenvalue weighted by molar-refractivity contribution is 0.0816. The van der Waals surface area contributed by atoms with Gasteiger partial charge in [-0.1, -0.05) is 12.1 Å². The number of hydrogen-bond acceptors (Lipinski definition) is 6. The van der Waals surface area contributed by atoms with E-state index < -0.39 is 9.84 Å². The van der Waals surface area contributed by atoms with Crippen LogP contribution < -0.4 is 0 Å². The number of carbonyl (C=O) groups excluding carboxylic acids is 1. The second-order valence-electron chi connectivity index (χ2n) is 7.71. The average molecular weight is 462 g/mol. The van der Waals surface area contributed by atoms with E-state index in [1.165, 1.54) is 12.3 Å². The minimum atomic E-state index is -3.54. The van der Waals surface area contributed by atoms with Crippen LogP contribution in [0.1, 0.15) is 21.5 Å². The highest BCUT2D eigenvalue weighted by Gasteiger charge is 2.24. The Bertz CT molecular complexity index is 1430. The van der Waals surface area contributed by atoms with E-state index in [4.69, 9.17) is 0 Å². The van der Waals surface area contributed by atoms with Gasteiger partial charge in [-0.15, -0.1) is 11.3 Å². The van der Waals surface area contributed by atoms with Crippen LogP contribution in [0.25, 0.3) is 20.9 Å². The number of thiophene rings is 1. The molecule has 32 heavy (non-hydrogen) atoms. The van der Waals surface area contributed by atoms with Crippen molar-refractivity contribution in [1.82, 2.24) is 14.9 Å². The third kappa shape index (κ3) is 3.83. The molecule has 1 aromatic carbocycles. The van der Waals surface area contributed by atoms with Crippen molar-refractivity contribution >= 4 is 27.1 Å². The molecule has 0 atom stereocenters. The minimum absolute atomic E-state index is 0.0574. The van der Waals surface area contributed by atoms with Crippen LogP contribution in [-0.2, 0) is 22.1 Å². The third-order valence-corrected chi connectivity index (χ3v) is 8.15. The summed E-state index contributed by atoms with van der Waals surface area (Å²) in [5.41, 5.74) is 4.34. The standard InChI is InChI=1S/C24H19N3O3S2/c1-27-14-19-11-17(5-6-20(19)24(27)28)21-7-8-22(31-21)18-10-16(12-25-13-18)15-32(29,30)23-4-2-3-9-26-23/h2-13H,14-15H2,1H3. The maximum Gasteiger partial charge on any atom is 0.254 e. The summed E-state index contributed by atoms with van der Waals surface area (Å²) < 4.78 is 25.3. The lowest BCUT2D eigenvalue weighted by Crippen LogP contribution is -2.17. The van der Waals surface area contributed by atoms with Crippen LogP contribution in [0.5, 0.6) is 0 Å². The second kappa shape index (κ2) is 7.96. The smallest absolute Gasteiger partial charge is 0.254 e. The molecule has 3 aromatic heterocycles. The molecule has 8 heteroatoms. The number of fused-ring (bicyclic) bond motifs is 1. The van der Waals surface area contributed by atoms with Crippen molar-refractivity contribution < 1.29 is 13.2 Å². The number of benzene rings is 1. The Labute approximate surface area is 190 Å². The Balaban J connectivity index is 1.41. The molecule has 0 N–H and O–H groups in total. The maximum absolute atomic E-state index is 12.7. The van der Waals surface area contributed by atoms with E-state index >= 15 is 0 Å². The fourth-order valence-corrected chi connectivity index (χ4v) is 6.03. The average Bonchev–Trinajstić information content (AvgIpc) is 3.39. The molecule has 5 rings (SSSR count). The van der Waals surface area contributed by atoms with Crippen molar-refractivity contribution in [3.8, 4) is 20.9 Å². The molecule has 0 bridgehead atoms. The summed E-state index contributed by atoms with van der Waals surface area (Å²) in [6, 6.07) is 16.7. The van der Waals surface area contributed by atoms with E-state index in [1.807, 2.05) is 30.3 Å². The molecule has 0 spiro atoms. The van der Waals surface area contributed by atoms with Crippen molar-refractivity contribution in [1.29, 1.82) is 0 Å². The highest BCUT2D eigenvalue weighted by Crippen LogP contribution is 2.36. The van der Waals surface area contributed by atoms with Crippen molar-refractivity contribution in [2.75, 3.05) is 7.05 Å². The van der Waals surface area contributed by atoms with Gasteiger partial charge in [0.1, 0.15) is 0 Å². The molecular formula is C24H19N3O3S2. The molecule has 0 saturated heterocycles. The van der Waals surface area contributed by atoms with Crippen molar-refractivity contribution in [2.45, 2.75) is 17.3 Å². The predicted molar refractivity (Wildman–Crippen MR) is 124 cm³/mol. The van der Waals surface area contributed by atoms with Crippen LogP contribution in [0.4, 0.5) is 0 Å². The zero-order chi connectivity index (χ0) is 22.3. The van der Waals surface area contributed by atoms with Crippen LogP contribution in [-0.4, -0.2) is 36.2 Å². The van der Waals surface area contributed by atoms with E-state index in [0.29, 0.717) is 12.1 Å². The number of amides is 1. The van der Waals surface area contributed by atoms with Crippen molar-refractivity contribution in [2.24, 2.45) is 0 Å². The van der Waals surface area contributed by atoms with Gasteiger partial charge in [0, 0.05) is 53.1 Å². The molecule has 160 valence electrons. The number of carbonyl (C=O) groups is 1. The molecule has 0 unspecified atom stereocenters. The summed E-state index contributed by atoms with van der Waals surface area (Å²) in [5, 5.41) is 0.0598. The quantitative estimate of drug-likeness (QED) is 0.439. The number of aromatic nitrogens is 2. The topological polar surface area (TPSA) is 80.2 Å². The molecule has 0 aliphatic carbocycles. The van der Waals surface area contributed by atoms with Gasteiger partial charge in [-0.2, -0.15) is 0 Å². The summed E-state index contributed by atoms with van der Waals surface area (Å²) in [6.45, 7) is 0.622. The largest absolute Gasteiger partial charge is 0.337 e. The second-order valence-corrected chi connectivity index (χ2v) is 10.7. The van der Waals surface area contributed by atoms with Crippen LogP contribution in [0, 0.1) is 0 Å². The molecule has 1 amide bonds. The van der Waals surface area contributed by atoms with Gasteiger partial charge in [0.05, 0.1) is 5.75 Å². The van der Waals surface area contributed by atoms with Crippen LogP contribution in [0.3, 0.4) is 0 Å². The Morgan fingerprint density at radius 3 is 2.59 bits per heavy atom. The third-order valence-electron chi connectivity index (χ3n) is 5.37. The molecule has 1 aliphatic rings. The zero-order valence-corrected chi connectivity index (χ0v) is 18.9. The van der Waals surface area contributed by atoms with Gasteiger partial charge in [-0.3, -0.25) is 9.78 Å². The summed E-state index contributed by atoms with van der Waals surface area (Å²) in [7, 11) is -1.74. The van der Waals surface area contributed by atoms with E-state index in [-0.39, 0.29) is 16.7 Å². The highest BCUT2D eigenvalue weighted by molar-refractivity contribution is 7.90. The summed E-state index contributed by atoms with van der Waals surface area (Å²) in [4.78, 5) is 24.2. The highest BCUT2D eigenvalue weighted by atomic mass is 32.2. The number of nitrogens with zero attached hydrogens (tertiary/aromatic N) is 3. The molecule has 0 fully saturated rings. The summed E-state index contributed by atoms with van der Waals surface area (Å²) in [5.74, 6) is -0.0999. The predicted octanol–water partition coefficient (Wildman–Crippen LogP) is 4.43. The first-order chi connectivity index (χ1) is 15.4. The van der Waals surface area contributed by atoms with Gasteiger partial charge >= 0.3 is 0 Å². The fraction of sp³-hybridized carbons (Fsp3) is 0.125. The monoisotopic (exact) mass is 461 g/mol. The Morgan fingerprint density at radius 2 is 1.81 bits per heavy atom. The van der Waals surface area contributed by atoms with Gasteiger partial charge in [-0.05, 0) is 59.2 Å². The SMILES string of the molecule is CN1Cc2cc(-c3ccc(-c4cncc(CS(=O)(=O)c5ccccn5)c4)s3)ccc2C1=O. The number of hydrogen-bond donors (Lipinski definition) is 0. The van der Waals surface area contributed by atoms with E-state index in [1.54, 1.807) is 47.8 Å². The van der Waals surface area contributed by atoms with Crippen molar-refractivity contribution in [3.63, 3.8) is 0 Å². The first-order valence-electron chi connectivity index (χ1n) is 9.97. The molecule has 4 aromatic rings. The minimum Gasteiger partial charge on any atom is -0.337 e. The molecular weight excluding hydrogens is 442 g/mol. The van der Waals surface area contributed by atoms with E-state index in [0.717, 1.165) is 32.0 Å². The molecule has 1 aliphatic heterocycles. The van der Waals surface area contributed by atoms with Gasteiger partial charge in [-0.25, -0.2) is 13.4 Å². The first-order valence-corrected chi connectivity index (χ1v) is 12.4. The number of pyridine rings is 2. The van der Waals surface area contributed by atoms with Crippen molar-refractivity contribution in [3.05, 3.63) is 89.9 Å². The zero-order valence-electron chi connectivity index (χ0n) is 17.2. The normalized spacial score (nSPS) is 13.4.